The summed E-state index contributed by atoms with van der Waals surface area (Å²) in [5, 5.41) is 3.00. The SMILES string of the molecule is O=C(Nc1ccc(Br)cc1I)c1ccc([S+](c2ccccc2)c2ccccc2)cc1. The molecule has 1 amide bonds. The highest BCUT2D eigenvalue weighted by molar-refractivity contribution is 14.1. The van der Waals surface area contributed by atoms with Crippen LogP contribution in [-0.4, -0.2) is 5.91 Å². The van der Waals surface area contributed by atoms with Crippen molar-refractivity contribution >= 4 is 61.0 Å². The first-order valence-corrected chi connectivity index (χ1v) is 12.4. The lowest BCUT2D eigenvalue weighted by Crippen LogP contribution is -2.13. The summed E-state index contributed by atoms with van der Waals surface area (Å²) in [6, 6.07) is 34.7. The van der Waals surface area contributed by atoms with Gasteiger partial charge in [-0.2, -0.15) is 0 Å². The van der Waals surface area contributed by atoms with E-state index < -0.39 is 0 Å². The molecule has 2 nitrogen and oxygen atoms in total. The van der Waals surface area contributed by atoms with Gasteiger partial charge in [0.25, 0.3) is 5.91 Å². The summed E-state index contributed by atoms with van der Waals surface area (Å²) in [6.45, 7) is 0. The highest BCUT2D eigenvalue weighted by Gasteiger charge is 2.28. The molecule has 4 aromatic rings. The Morgan fingerprint density at radius 1 is 0.733 bits per heavy atom. The predicted molar refractivity (Wildman–Crippen MR) is 136 cm³/mol. The maximum Gasteiger partial charge on any atom is 0.255 e. The Kier molecular flexibility index (Phi) is 6.92. The Morgan fingerprint density at radius 3 is 1.80 bits per heavy atom. The maximum atomic E-state index is 12.7. The molecule has 0 saturated heterocycles. The van der Waals surface area contributed by atoms with Gasteiger partial charge in [0.1, 0.15) is 0 Å². The normalized spacial score (nSPS) is 10.8. The Labute approximate surface area is 201 Å². The molecule has 0 fully saturated rings. The molecule has 0 aliphatic carbocycles. The molecule has 0 spiro atoms. The molecule has 0 heterocycles. The van der Waals surface area contributed by atoms with Crippen molar-refractivity contribution in [1.82, 2.24) is 0 Å². The van der Waals surface area contributed by atoms with Crippen LogP contribution in [0.1, 0.15) is 10.4 Å². The van der Waals surface area contributed by atoms with Gasteiger partial charge in [0, 0.05) is 13.6 Å². The Balaban J connectivity index is 1.61. The van der Waals surface area contributed by atoms with Crippen LogP contribution in [0.5, 0.6) is 0 Å². The minimum atomic E-state index is -0.218. The van der Waals surface area contributed by atoms with E-state index in [0.29, 0.717) is 5.56 Å². The van der Waals surface area contributed by atoms with Crippen molar-refractivity contribution in [1.29, 1.82) is 0 Å². The largest absolute Gasteiger partial charge is 0.321 e. The molecule has 0 bridgehead atoms. The van der Waals surface area contributed by atoms with Gasteiger partial charge in [-0.1, -0.05) is 52.3 Å². The molecule has 4 aromatic carbocycles. The molecule has 0 unspecified atom stereocenters. The zero-order valence-corrected chi connectivity index (χ0v) is 20.4. The monoisotopic (exact) mass is 586 g/mol. The van der Waals surface area contributed by atoms with E-state index in [9.17, 15) is 4.79 Å². The van der Waals surface area contributed by atoms with Gasteiger partial charge in [0.05, 0.1) is 16.6 Å². The number of nitrogens with one attached hydrogen (secondary N) is 1. The Hall–Kier alpha value is -2.09. The molecule has 0 radical (unpaired) electrons. The highest BCUT2D eigenvalue weighted by Crippen LogP contribution is 2.31. The first kappa shape index (κ1) is 21.2. The maximum absolute atomic E-state index is 12.7. The summed E-state index contributed by atoms with van der Waals surface area (Å²) in [7, 11) is -0.218. The van der Waals surface area contributed by atoms with E-state index in [2.05, 4.69) is 105 Å². The van der Waals surface area contributed by atoms with Crippen LogP contribution < -0.4 is 5.32 Å². The quantitative estimate of drug-likeness (QED) is 0.192. The van der Waals surface area contributed by atoms with Crippen LogP contribution >= 0.6 is 38.5 Å². The predicted octanol–water partition coefficient (Wildman–Crippen LogP) is 7.40. The number of benzene rings is 4. The van der Waals surface area contributed by atoms with E-state index in [0.717, 1.165) is 13.7 Å². The molecule has 0 aliphatic heterocycles. The van der Waals surface area contributed by atoms with Gasteiger partial charge in [-0.15, -0.1) is 0 Å². The fourth-order valence-electron chi connectivity index (χ4n) is 3.05. The number of carbonyl (C=O) groups excluding carboxylic acids is 1. The minimum Gasteiger partial charge on any atom is -0.321 e. The summed E-state index contributed by atoms with van der Waals surface area (Å²) in [5.41, 5.74) is 1.45. The van der Waals surface area contributed by atoms with Crippen LogP contribution in [0.25, 0.3) is 0 Å². The fraction of sp³-hybridized carbons (Fsp3) is 0. The molecular formula is C25H18BrINOS+. The third-order valence-corrected chi connectivity index (χ3v) is 8.11. The number of anilines is 1. The summed E-state index contributed by atoms with van der Waals surface area (Å²) in [4.78, 5) is 16.4. The van der Waals surface area contributed by atoms with E-state index in [-0.39, 0.29) is 16.8 Å². The standard InChI is InChI=1S/C25H17BrINOS/c26-19-13-16-24(23(27)17-19)28-25(29)18-11-14-22(15-12-18)30(20-7-3-1-4-8-20)21-9-5-2-6-10-21/h1-17H/p+1. The first-order valence-electron chi connectivity index (χ1n) is 9.33. The van der Waals surface area contributed by atoms with Crippen LogP contribution in [0.2, 0.25) is 0 Å². The van der Waals surface area contributed by atoms with E-state index >= 15 is 0 Å². The molecule has 1 N–H and O–H groups in total. The van der Waals surface area contributed by atoms with Gasteiger partial charge < -0.3 is 5.32 Å². The van der Waals surface area contributed by atoms with Crippen molar-refractivity contribution in [3.8, 4) is 0 Å². The van der Waals surface area contributed by atoms with Gasteiger partial charge >= 0.3 is 0 Å². The number of carbonyl (C=O) groups is 1. The second-order valence-electron chi connectivity index (χ2n) is 6.53. The van der Waals surface area contributed by atoms with Crippen molar-refractivity contribution in [2.45, 2.75) is 14.7 Å². The molecule has 148 valence electrons. The molecule has 0 atom stereocenters. The number of rotatable bonds is 5. The van der Waals surface area contributed by atoms with E-state index in [1.807, 2.05) is 42.5 Å². The van der Waals surface area contributed by atoms with Crippen LogP contribution in [-0.2, 0) is 10.9 Å². The Morgan fingerprint density at radius 2 is 1.27 bits per heavy atom. The van der Waals surface area contributed by atoms with Crippen molar-refractivity contribution in [3.05, 3.63) is 117 Å². The van der Waals surface area contributed by atoms with Gasteiger partial charge in [-0.05, 0) is 89.3 Å². The highest BCUT2D eigenvalue weighted by atomic mass is 127. The van der Waals surface area contributed by atoms with Crippen LogP contribution in [0.15, 0.2) is 122 Å². The van der Waals surface area contributed by atoms with Gasteiger partial charge in [0.2, 0.25) is 0 Å². The van der Waals surface area contributed by atoms with E-state index in [1.165, 1.54) is 14.7 Å². The average molecular weight is 587 g/mol. The first-order chi connectivity index (χ1) is 14.6. The zero-order valence-electron chi connectivity index (χ0n) is 15.9. The third kappa shape index (κ3) is 4.96. The topological polar surface area (TPSA) is 29.1 Å². The molecule has 0 aliphatic rings. The van der Waals surface area contributed by atoms with Gasteiger partial charge in [0.15, 0.2) is 14.7 Å². The van der Waals surface area contributed by atoms with Crippen molar-refractivity contribution < 1.29 is 4.79 Å². The van der Waals surface area contributed by atoms with Gasteiger partial charge in [-0.3, -0.25) is 4.79 Å². The molecule has 0 saturated carbocycles. The third-order valence-electron chi connectivity index (χ3n) is 4.49. The summed E-state index contributed by atoms with van der Waals surface area (Å²) < 4.78 is 1.98. The zero-order chi connectivity index (χ0) is 20.9. The Bertz CT molecular complexity index is 1110. The van der Waals surface area contributed by atoms with Crippen molar-refractivity contribution in [2.24, 2.45) is 0 Å². The second-order valence-corrected chi connectivity index (χ2v) is 10.6. The number of halogens is 2. The lowest BCUT2D eigenvalue weighted by atomic mass is 10.2. The number of hydrogen-bond donors (Lipinski definition) is 1. The second kappa shape index (κ2) is 9.81. The lowest BCUT2D eigenvalue weighted by Gasteiger charge is -2.10. The smallest absolute Gasteiger partial charge is 0.255 e. The summed E-state index contributed by atoms with van der Waals surface area (Å²) in [6.07, 6.45) is 0. The van der Waals surface area contributed by atoms with E-state index in [4.69, 9.17) is 0 Å². The molecule has 0 aromatic heterocycles. The summed E-state index contributed by atoms with van der Waals surface area (Å²) >= 11 is 5.67. The lowest BCUT2D eigenvalue weighted by molar-refractivity contribution is 0.102. The van der Waals surface area contributed by atoms with Crippen LogP contribution in [0.3, 0.4) is 0 Å². The fourth-order valence-corrected chi connectivity index (χ4v) is 6.57. The van der Waals surface area contributed by atoms with Crippen molar-refractivity contribution in [2.75, 3.05) is 5.32 Å². The average Bonchev–Trinajstić information content (AvgIpc) is 2.78. The van der Waals surface area contributed by atoms with Crippen LogP contribution in [0, 0.1) is 3.57 Å². The molecule has 5 heteroatoms. The van der Waals surface area contributed by atoms with Gasteiger partial charge in [-0.25, -0.2) is 0 Å². The van der Waals surface area contributed by atoms with Crippen molar-refractivity contribution in [3.63, 3.8) is 0 Å². The molecule has 30 heavy (non-hydrogen) atoms. The van der Waals surface area contributed by atoms with E-state index in [1.54, 1.807) is 0 Å². The molecular weight excluding hydrogens is 569 g/mol. The molecule has 4 rings (SSSR count). The van der Waals surface area contributed by atoms with Crippen LogP contribution in [0.4, 0.5) is 5.69 Å². The minimum absolute atomic E-state index is 0.110. The number of hydrogen-bond acceptors (Lipinski definition) is 1. The summed E-state index contributed by atoms with van der Waals surface area (Å²) in [5.74, 6) is -0.110. The number of amides is 1.